The summed E-state index contributed by atoms with van der Waals surface area (Å²) < 4.78 is 38.2. The molecule has 0 saturated carbocycles. The molecule has 4 aliphatic rings. The van der Waals surface area contributed by atoms with Crippen molar-refractivity contribution >= 4 is 136 Å². The smallest absolute Gasteiger partial charge is 0.858 e. The van der Waals surface area contributed by atoms with Gasteiger partial charge in [0.15, 0.2) is 0 Å². The standard InChI is InChI=1S/2C32H16N10O6.4C2H6OS.4Ni/c2*43-27(23-13-21(35-37-23)19-5-1-3-11-33-19)39-41-29(45)15-7-9-17-26-18(10-8-16(25(15)26)30(41)46)32(48)42(31(17)47)40-28(44)24-14-22(36-38-24)20-6-2-4-12-34-20;4*1-4(2)3;;;;/h2*1-14H,(H2-2,33,34,35,36,37,38,39,40,43,44);4*1-2H3;;;;/q2*-2;;;;;4*+2/p-4. The second-order valence-corrected chi connectivity index (χ2v) is 29.7. The molecule has 4 aromatic carbocycles. The summed E-state index contributed by atoms with van der Waals surface area (Å²) in [5.41, 5.74) is 1.46. The number of carbonyl (C=O) groups excluding carboxylic acids is 8. The molecule has 0 fully saturated rings. The van der Waals surface area contributed by atoms with Crippen LogP contribution >= 0.6 is 0 Å². The van der Waals surface area contributed by atoms with Crippen LogP contribution in [0.5, 0.6) is 0 Å². The molecule has 0 spiro atoms. The minimum Gasteiger partial charge on any atom is -0.858 e. The van der Waals surface area contributed by atoms with Gasteiger partial charge < -0.3 is 61.2 Å². The van der Waals surface area contributed by atoms with Crippen molar-refractivity contribution in [1.82, 2.24) is 80.8 Å². The summed E-state index contributed by atoms with van der Waals surface area (Å²) in [5.74, 6) is -11.7. The van der Waals surface area contributed by atoms with Crippen molar-refractivity contribution in [3.63, 3.8) is 0 Å². The molecule has 116 heavy (non-hydrogen) atoms. The van der Waals surface area contributed by atoms with Crippen molar-refractivity contribution < 1.29 is 142 Å². The van der Waals surface area contributed by atoms with Crippen molar-refractivity contribution in [3.05, 3.63) is 238 Å². The van der Waals surface area contributed by atoms with Gasteiger partial charge in [0, 0.05) is 140 Å². The van der Waals surface area contributed by atoms with Crippen molar-refractivity contribution in [2.45, 2.75) is 0 Å². The van der Waals surface area contributed by atoms with E-state index in [-0.39, 0.29) is 155 Å². The third-order valence-corrected chi connectivity index (χ3v) is 15.2. The Labute approximate surface area is 706 Å². The van der Waals surface area contributed by atoms with Crippen molar-refractivity contribution in [3.8, 4) is 45.6 Å². The molecule has 600 valence electrons. The number of rotatable bonds is 12. The number of hydrogen-bond acceptors (Lipinski definition) is 28. The molecule has 0 bridgehead atoms. The molecule has 0 radical (unpaired) electrons. The molecule has 16 rings (SSSR count). The maximum absolute atomic E-state index is 13.5. The van der Waals surface area contributed by atoms with Crippen LogP contribution in [0.15, 0.2) is 191 Å². The number of hydrogen-bond donors (Lipinski definition) is 0. The first kappa shape index (κ1) is 91.0. The molecule has 12 aromatic rings. The summed E-state index contributed by atoms with van der Waals surface area (Å²) in [6.45, 7) is 0. The molecule has 44 heteroatoms. The molecule has 36 nitrogen and oxygen atoms in total. The number of nitrogens with zero attached hydrogens (tertiary/aromatic N) is 20. The fourth-order valence-electron chi connectivity index (χ4n) is 10.8. The molecule has 8 aromatic heterocycles. The largest absolute Gasteiger partial charge is 2.00 e. The van der Waals surface area contributed by atoms with Crippen molar-refractivity contribution in [2.75, 3.05) is 50.0 Å². The fourth-order valence-corrected chi connectivity index (χ4v) is 10.8. The topological polar surface area (TPSA) is 519 Å². The minimum absolute atomic E-state index is 0. The van der Waals surface area contributed by atoms with E-state index in [1.54, 1.807) is 148 Å². The van der Waals surface area contributed by atoms with Gasteiger partial charge in [-0.25, -0.2) is 0 Å². The summed E-state index contributed by atoms with van der Waals surface area (Å²) >= 11 is 0. The van der Waals surface area contributed by atoms with Gasteiger partial charge >= 0.3 is 66.0 Å². The average Bonchev–Trinajstić information content (AvgIpc) is 0.799. The Morgan fingerprint density at radius 1 is 0.276 bits per heavy atom. The number of carbonyl (C=O) groups is 8. The van der Waals surface area contributed by atoms with E-state index in [1.165, 1.54) is 72.8 Å². The van der Waals surface area contributed by atoms with E-state index >= 15 is 0 Å². The third-order valence-electron chi connectivity index (χ3n) is 15.2. The predicted molar refractivity (Wildman–Crippen MR) is 399 cm³/mol. The summed E-state index contributed by atoms with van der Waals surface area (Å²) in [4.78, 5) is 125. The Hall–Kier alpha value is -12.1. The van der Waals surface area contributed by atoms with Gasteiger partial charge in [-0.2, -0.15) is 40.4 Å². The van der Waals surface area contributed by atoms with Crippen LogP contribution in [0.3, 0.4) is 0 Å². The van der Waals surface area contributed by atoms with Crippen molar-refractivity contribution in [1.29, 1.82) is 0 Å². The minimum atomic E-state index is -1.01. The zero-order valence-electron chi connectivity index (χ0n) is 60.5. The summed E-state index contributed by atoms with van der Waals surface area (Å²) in [5, 5.41) is 99.5. The molecular weight excluding hydrogens is 1760 g/mol. The number of benzene rings is 4. The van der Waals surface area contributed by atoms with Gasteiger partial charge in [-0.15, -0.1) is 22.8 Å². The SMILES string of the molecule is CS(C)=O.CS(C)=O.CS(C)=O.CS(C)=O.O=C1c2ccc3c4c(ccc(c24)C(=O)N1/N=C(\[O-])c1cc(-c2ccccn2)n[n-]1)C(=O)N(/N=C(\[O-])c1cc(-c2ccccn2)n[n-]1)C3=O.O=C1c2ccc3c4c(ccc(c24)C(=O)N1/N=C(\[O-])c1cc(-c2ccccn2)n[n-]1)C(=O)N(/N=C(\[O-])c1cc(-c2ccccn2)n[n-]1)C3=O.[Ni+2].[Ni+2].[Ni+2].[Ni+2]. The maximum Gasteiger partial charge on any atom is 2.00 e. The average molecular weight is 1820 g/mol. The van der Waals surface area contributed by atoms with Gasteiger partial charge in [-0.3, -0.25) is 75.1 Å². The van der Waals surface area contributed by atoms with Crippen LogP contribution in [-0.2, 0) is 109 Å². The summed E-state index contributed by atoms with van der Waals surface area (Å²) in [6, 6.07) is 35.9. The molecular formula is C72H52N20Ni4O16S4. The van der Waals surface area contributed by atoms with Crippen LogP contribution in [0.25, 0.3) is 67.1 Å². The first-order chi connectivity index (χ1) is 53.5. The molecule has 4 aliphatic heterocycles. The Morgan fingerprint density at radius 2 is 0.431 bits per heavy atom. The maximum atomic E-state index is 13.5. The Morgan fingerprint density at radius 3 is 0.569 bits per heavy atom. The summed E-state index contributed by atoms with van der Waals surface area (Å²) in [6.07, 6.45) is 19.3. The van der Waals surface area contributed by atoms with Gasteiger partial charge in [0.2, 0.25) is 0 Å². The van der Waals surface area contributed by atoms with E-state index in [0.717, 1.165) is 0 Å². The number of hydrazone groups is 4. The van der Waals surface area contributed by atoms with Gasteiger partial charge in [-0.05, 0) is 145 Å². The number of amides is 8. The monoisotopic (exact) mass is 1810 g/mol. The molecule has 0 atom stereocenters. The molecule has 12 heterocycles. The second-order valence-electron chi connectivity index (χ2n) is 23.7. The number of aromatic nitrogens is 12. The van der Waals surface area contributed by atoms with E-state index in [0.29, 0.717) is 65.6 Å². The zero-order valence-corrected chi connectivity index (χ0v) is 67.8. The molecule has 0 aliphatic carbocycles. The molecule has 0 unspecified atom stereocenters. The second kappa shape index (κ2) is 39.7. The van der Waals surface area contributed by atoms with Crippen molar-refractivity contribution in [2.24, 2.45) is 20.4 Å². The van der Waals surface area contributed by atoms with Crippen LogP contribution in [0.4, 0.5) is 0 Å². The van der Waals surface area contributed by atoms with E-state index in [1.807, 2.05) is 0 Å². The number of pyridine rings is 4. The van der Waals surface area contributed by atoms with Gasteiger partial charge in [0.05, 0.1) is 90.1 Å². The van der Waals surface area contributed by atoms with E-state index in [4.69, 9.17) is 0 Å². The predicted octanol–water partition coefficient (Wildman–Crippen LogP) is 0.578. The fraction of sp³-hybridized carbons (Fsp3) is 0.111. The van der Waals surface area contributed by atoms with Crippen LogP contribution in [-0.4, -0.2) is 198 Å². The summed E-state index contributed by atoms with van der Waals surface area (Å²) in [7, 11) is -2.44. The quantitative estimate of drug-likeness (QED) is 0.0698. The molecule has 8 amide bonds. The van der Waals surface area contributed by atoms with Crippen LogP contribution < -0.4 is 40.8 Å². The normalized spacial score (nSPS) is 13.4. The van der Waals surface area contributed by atoms with E-state index in [9.17, 15) is 75.6 Å². The zero-order chi connectivity index (χ0) is 80.5. The van der Waals surface area contributed by atoms with Crippen LogP contribution in [0.1, 0.15) is 106 Å². The molecule has 0 N–H and O–H groups in total. The first-order valence-corrected chi connectivity index (χ1v) is 39.9. The van der Waals surface area contributed by atoms with Crippen LogP contribution in [0, 0.1) is 0 Å². The van der Waals surface area contributed by atoms with Gasteiger partial charge in [0.25, 0.3) is 47.3 Å². The first-order valence-electron chi connectivity index (χ1n) is 32.0. The Bertz CT molecular complexity index is 5150. The third kappa shape index (κ3) is 20.0. The number of imide groups is 4. The Balaban J connectivity index is 0.000000263. The molecule has 0 saturated heterocycles. The Kier molecular flexibility index (Phi) is 31.2. The van der Waals surface area contributed by atoms with Gasteiger partial charge in [-0.1, -0.05) is 24.3 Å². The van der Waals surface area contributed by atoms with E-state index in [2.05, 4.69) is 81.1 Å². The van der Waals surface area contributed by atoms with E-state index < -0.39 is 114 Å². The van der Waals surface area contributed by atoms with Crippen LogP contribution in [0.2, 0.25) is 0 Å². The van der Waals surface area contributed by atoms with Gasteiger partial charge in [0.1, 0.15) is 0 Å².